The molecule has 40 heavy (non-hydrogen) atoms. The molecule has 3 saturated heterocycles. The summed E-state index contributed by atoms with van der Waals surface area (Å²) in [5.74, 6) is 3.24. The Kier molecular flexibility index (Phi) is 6.21. The standard InChI is InChI=1S/C30H32FN7O2/c1-3-24-25(31)7-4-18-12-22(39)13-19(26(18)24)14-38-17-32-27-28(38)34-30(37-15-20-5-6-21(16-37)33-20)35-29(27)40-23-8-10-36(2)11-9-23/h1,4,7,12-13,17,20-21,23,33,39H,5-6,8-11,14-16H2,2H3. The summed E-state index contributed by atoms with van der Waals surface area (Å²) in [5.41, 5.74) is 2.08. The van der Waals surface area contributed by atoms with Crippen LogP contribution in [0.15, 0.2) is 30.6 Å². The topological polar surface area (TPSA) is 91.6 Å². The molecule has 2 aromatic carbocycles. The van der Waals surface area contributed by atoms with Crippen molar-refractivity contribution in [2.45, 2.75) is 50.4 Å². The summed E-state index contributed by atoms with van der Waals surface area (Å²) in [6, 6.07) is 7.04. The lowest BCUT2D eigenvalue weighted by Gasteiger charge is -2.33. The Morgan fingerprint density at radius 2 is 1.90 bits per heavy atom. The second-order valence-corrected chi connectivity index (χ2v) is 11.3. The number of fused-ring (bicyclic) bond motifs is 4. The van der Waals surface area contributed by atoms with Gasteiger partial charge in [0.05, 0.1) is 18.4 Å². The summed E-state index contributed by atoms with van der Waals surface area (Å²) in [6.07, 6.45) is 11.6. The number of benzene rings is 2. The van der Waals surface area contributed by atoms with Crippen LogP contribution >= 0.6 is 0 Å². The van der Waals surface area contributed by atoms with Gasteiger partial charge in [0, 0.05) is 43.6 Å². The van der Waals surface area contributed by atoms with Crippen molar-refractivity contribution in [2.24, 2.45) is 0 Å². The molecule has 3 aliphatic heterocycles. The number of piperazine rings is 1. The molecule has 3 aliphatic rings. The fraction of sp³-hybridized carbons (Fsp3) is 0.433. The Morgan fingerprint density at radius 3 is 2.65 bits per heavy atom. The first-order chi connectivity index (χ1) is 19.4. The van der Waals surface area contributed by atoms with Gasteiger partial charge in [-0.25, -0.2) is 9.37 Å². The number of phenolic OH excluding ortho intramolecular Hbond substituents is 1. The Morgan fingerprint density at radius 1 is 1.12 bits per heavy atom. The number of terminal acetylenes is 1. The maximum Gasteiger partial charge on any atom is 0.247 e. The van der Waals surface area contributed by atoms with E-state index in [0.29, 0.717) is 51.4 Å². The molecule has 2 unspecified atom stereocenters. The van der Waals surface area contributed by atoms with E-state index in [2.05, 4.69) is 33.1 Å². The monoisotopic (exact) mass is 541 g/mol. The second kappa shape index (κ2) is 9.91. The van der Waals surface area contributed by atoms with Crippen LogP contribution in [0.4, 0.5) is 10.3 Å². The molecule has 2 bridgehead atoms. The van der Waals surface area contributed by atoms with Crippen LogP contribution in [-0.2, 0) is 6.54 Å². The third-order valence-corrected chi connectivity index (χ3v) is 8.48. The fourth-order valence-corrected chi connectivity index (χ4v) is 6.43. The van der Waals surface area contributed by atoms with E-state index >= 15 is 0 Å². The molecule has 0 aliphatic carbocycles. The molecule has 206 valence electrons. The zero-order valence-electron chi connectivity index (χ0n) is 22.5. The van der Waals surface area contributed by atoms with Gasteiger partial charge < -0.3 is 29.5 Å². The molecule has 5 heterocycles. The van der Waals surface area contributed by atoms with E-state index in [1.807, 2.05) is 4.57 Å². The Hall–Kier alpha value is -3.94. The number of likely N-dealkylation sites (tertiary alicyclic amines) is 1. The van der Waals surface area contributed by atoms with Gasteiger partial charge in [-0.15, -0.1) is 6.42 Å². The number of hydrogen-bond donors (Lipinski definition) is 2. The molecule has 2 aromatic heterocycles. The number of hydrogen-bond acceptors (Lipinski definition) is 8. The summed E-state index contributed by atoms with van der Waals surface area (Å²) < 4.78 is 23.1. The number of nitrogens with one attached hydrogen (secondary N) is 1. The Bertz CT molecular complexity index is 1630. The van der Waals surface area contributed by atoms with E-state index in [1.54, 1.807) is 24.5 Å². The maximum atomic E-state index is 14.7. The lowest BCUT2D eigenvalue weighted by molar-refractivity contribution is 0.111. The zero-order chi connectivity index (χ0) is 27.4. The highest BCUT2D eigenvalue weighted by atomic mass is 19.1. The van der Waals surface area contributed by atoms with E-state index in [4.69, 9.17) is 21.1 Å². The van der Waals surface area contributed by atoms with E-state index in [-0.39, 0.29) is 24.0 Å². The van der Waals surface area contributed by atoms with Crippen LogP contribution in [0.5, 0.6) is 11.6 Å². The van der Waals surface area contributed by atoms with Gasteiger partial charge >= 0.3 is 0 Å². The summed E-state index contributed by atoms with van der Waals surface area (Å²) in [4.78, 5) is 19.1. The van der Waals surface area contributed by atoms with Crippen LogP contribution < -0.4 is 15.0 Å². The molecule has 4 aromatic rings. The van der Waals surface area contributed by atoms with Crippen molar-refractivity contribution in [2.75, 3.05) is 38.1 Å². The van der Waals surface area contributed by atoms with Gasteiger partial charge in [-0.05, 0) is 61.9 Å². The lowest BCUT2D eigenvalue weighted by atomic mass is 9.98. The number of phenols is 1. The quantitative estimate of drug-likeness (QED) is 0.372. The smallest absolute Gasteiger partial charge is 0.247 e. The first-order valence-corrected chi connectivity index (χ1v) is 13.9. The van der Waals surface area contributed by atoms with Gasteiger partial charge in [0.25, 0.3) is 0 Å². The van der Waals surface area contributed by atoms with Crippen molar-refractivity contribution in [1.29, 1.82) is 0 Å². The molecule has 0 saturated carbocycles. The Balaban J connectivity index is 1.32. The average Bonchev–Trinajstić information content (AvgIpc) is 3.51. The van der Waals surface area contributed by atoms with Crippen molar-refractivity contribution >= 4 is 27.9 Å². The molecule has 7 rings (SSSR count). The minimum atomic E-state index is -0.468. The van der Waals surface area contributed by atoms with E-state index in [0.717, 1.165) is 51.9 Å². The van der Waals surface area contributed by atoms with Crippen LogP contribution in [0.25, 0.3) is 21.9 Å². The average molecular weight is 542 g/mol. The number of ether oxygens (including phenoxy) is 1. The highest BCUT2D eigenvalue weighted by Gasteiger charge is 2.34. The number of rotatable bonds is 5. The van der Waals surface area contributed by atoms with Crippen LogP contribution in [0, 0.1) is 18.2 Å². The number of aromatic hydroxyl groups is 1. The minimum Gasteiger partial charge on any atom is -0.508 e. The van der Waals surface area contributed by atoms with Crippen molar-refractivity contribution in [3.05, 3.63) is 47.5 Å². The molecule has 3 fully saturated rings. The predicted octanol–water partition coefficient (Wildman–Crippen LogP) is 3.27. The fourth-order valence-electron chi connectivity index (χ4n) is 6.43. The highest BCUT2D eigenvalue weighted by molar-refractivity contribution is 5.92. The molecule has 9 nitrogen and oxygen atoms in total. The van der Waals surface area contributed by atoms with Crippen LogP contribution in [0.1, 0.15) is 36.8 Å². The molecular formula is C30H32FN7O2. The van der Waals surface area contributed by atoms with E-state index in [9.17, 15) is 9.50 Å². The molecular weight excluding hydrogens is 509 g/mol. The second-order valence-electron chi connectivity index (χ2n) is 11.3. The number of nitrogens with zero attached hydrogens (tertiary/aromatic N) is 6. The molecule has 2 atom stereocenters. The van der Waals surface area contributed by atoms with Gasteiger partial charge in [-0.3, -0.25) is 0 Å². The Labute approximate surface area is 232 Å². The summed E-state index contributed by atoms with van der Waals surface area (Å²) in [5, 5.41) is 15.4. The van der Waals surface area contributed by atoms with Gasteiger partial charge in [0.1, 0.15) is 17.7 Å². The van der Waals surface area contributed by atoms with Crippen LogP contribution in [0.2, 0.25) is 0 Å². The molecule has 10 heteroatoms. The van der Waals surface area contributed by atoms with E-state index < -0.39 is 5.82 Å². The van der Waals surface area contributed by atoms with Gasteiger partial charge in [0.15, 0.2) is 11.2 Å². The number of imidazole rings is 1. The van der Waals surface area contributed by atoms with Crippen molar-refractivity contribution in [1.82, 2.24) is 29.7 Å². The number of anilines is 1. The van der Waals surface area contributed by atoms with Crippen molar-refractivity contribution < 1.29 is 14.2 Å². The largest absolute Gasteiger partial charge is 0.508 e. The number of piperidine rings is 1. The molecule has 0 spiro atoms. The van der Waals surface area contributed by atoms with E-state index in [1.165, 1.54) is 6.07 Å². The summed E-state index contributed by atoms with van der Waals surface area (Å²) in [7, 11) is 2.13. The van der Waals surface area contributed by atoms with Crippen molar-refractivity contribution in [3.8, 4) is 24.0 Å². The van der Waals surface area contributed by atoms with Gasteiger partial charge in [-0.2, -0.15) is 9.97 Å². The van der Waals surface area contributed by atoms with Gasteiger partial charge in [0.2, 0.25) is 11.8 Å². The minimum absolute atomic E-state index is 0.0580. The zero-order valence-corrected chi connectivity index (χ0v) is 22.5. The first kappa shape index (κ1) is 25.1. The maximum absolute atomic E-state index is 14.7. The third-order valence-electron chi connectivity index (χ3n) is 8.48. The van der Waals surface area contributed by atoms with Crippen molar-refractivity contribution in [3.63, 3.8) is 0 Å². The number of halogens is 1. The highest BCUT2D eigenvalue weighted by Crippen LogP contribution is 2.33. The van der Waals surface area contributed by atoms with Crippen LogP contribution in [0.3, 0.4) is 0 Å². The lowest BCUT2D eigenvalue weighted by Crippen LogP contribution is -2.51. The molecule has 0 amide bonds. The summed E-state index contributed by atoms with van der Waals surface area (Å²) in [6.45, 7) is 3.91. The molecule has 0 radical (unpaired) electrons. The summed E-state index contributed by atoms with van der Waals surface area (Å²) >= 11 is 0. The molecule has 2 N–H and O–H groups in total. The first-order valence-electron chi connectivity index (χ1n) is 13.9. The SMILES string of the molecule is C#Cc1c(F)ccc2cc(O)cc(Cn3cnc4c(OC5CCN(C)CC5)nc(N5CC6CCC(C5)N6)nc43)c12. The normalized spacial score (nSPS) is 21.8. The third kappa shape index (κ3) is 4.49. The van der Waals surface area contributed by atoms with Crippen LogP contribution in [-0.4, -0.2) is 80.9 Å². The number of aromatic nitrogens is 4. The predicted molar refractivity (Wildman–Crippen MR) is 151 cm³/mol. The van der Waals surface area contributed by atoms with Gasteiger partial charge in [-0.1, -0.05) is 12.0 Å².